The number of halogens is 2. The minimum absolute atomic E-state index is 0.0387. The number of rotatable bonds is 2. The van der Waals surface area contributed by atoms with Crippen molar-refractivity contribution in [1.29, 1.82) is 0 Å². The van der Waals surface area contributed by atoms with Gasteiger partial charge in [-0.05, 0) is 40.9 Å². The average molecular weight is 275 g/mol. The van der Waals surface area contributed by atoms with Crippen LogP contribution in [0.4, 0.5) is 4.39 Å². The van der Waals surface area contributed by atoms with Crippen LogP contribution in [-0.2, 0) is 4.74 Å². The molecule has 1 heterocycles. The molecule has 0 spiro atoms. The molecule has 1 fully saturated rings. The summed E-state index contributed by atoms with van der Waals surface area (Å²) >= 11 is 3.32. The maximum absolute atomic E-state index is 13.0. The zero-order chi connectivity index (χ0) is 10.7. The molecule has 1 saturated heterocycles. The predicted octanol–water partition coefficient (Wildman–Crippen LogP) is 3.15. The van der Waals surface area contributed by atoms with E-state index in [1.54, 1.807) is 6.07 Å². The lowest BCUT2D eigenvalue weighted by atomic mass is 10.2. The molecule has 0 bridgehead atoms. The molecule has 1 aromatic rings. The molecule has 82 valence electrons. The van der Waals surface area contributed by atoms with Crippen LogP contribution < -0.4 is 4.74 Å². The molecule has 0 radical (unpaired) electrons. The Balaban J connectivity index is 2.05. The lowest BCUT2D eigenvalue weighted by Gasteiger charge is -2.23. The van der Waals surface area contributed by atoms with Gasteiger partial charge in [-0.3, -0.25) is 0 Å². The van der Waals surface area contributed by atoms with E-state index >= 15 is 0 Å². The van der Waals surface area contributed by atoms with Crippen molar-refractivity contribution in [3.05, 3.63) is 28.5 Å². The summed E-state index contributed by atoms with van der Waals surface area (Å²) in [6.07, 6.45) is 2.00. The lowest BCUT2D eigenvalue weighted by Crippen LogP contribution is -2.28. The minimum Gasteiger partial charge on any atom is -0.487 e. The van der Waals surface area contributed by atoms with E-state index in [-0.39, 0.29) is 11.9 Å². The third-order valence-electron chi connectivity index (χ3n) is 2.31. The summed E-state index contributed by atoms with van der Waals surface area (Å²) in [6.45, 7) is 1.38. The van der Waals surface area contributed by atoms with Gasteiger partial charge in [0.15, 0.2) is 0 Å². The fourth-order valence-electron chi connectivity index (χ4n) is 1.55. The molecule has 15 heavy (non-hydrogen) atoms. The molecule has 1 atom stereocenters. The van der Waals surface area contributed by atoms with E-state index in [0.29, 0.717) is 12.4 Å². The zero-order valence-corrected chi connectivity index (χ0v) is 9.80. The molecule has 1 unspecified atom stereocenters. The smallest absolute Gasteiger partial charge is 0.136 e. The van der Waals surface area contributed by atoms with Crippen LogP contribution in [-0.4, -0.2) is 19.3 Å². The first-order valence-electron chi connectivity index (χ1n) is 4.95. The Labute approximate surface area is 96.5 Å². The lowest BCUT2D eigenvalue weighted by molar-refractivity contribution is 0.00699. The van der Waals surface area contributed by atoms with Crippen LogP contribution in [0.25, 0.3) is 0 Å². The second kappa shape index (κ2) is 4.94. The van der Waals surface area contributed by atoms with Crippen LogP contribution in [0, 0.1) is 5.82 Å². The molecular formula is C11H12BrFO2. The standard InChI is InChI=1S/C11H12BrFO2/c12-10-4-3-8(13)6-11(10)15-9-2-1-5-14-7-9/h3-4,6,9H,1-2,5,7H2. The van der Waals surface area contributed by atoms with Gasteiger partial charge >= 0.3 is 0 Å². The van der Waals surface area contributed by atoms with Gasteiger partial charge in [0, 0.05) is 12.7 Å². The number of benzene rings is 1. The van der Waals surface area contributed by atoms with Crippen LogP contribution in [0.2, 0.25) is 0 Å². The Bertz CT molecular complexity index is 337. The van der Waals surface area contributed by atoms with E-state index < -0.39 is 0 Å². The van der Waals surface area contributed by atoms with Gasteiger partial charge < -0.3 is 9.47 Å². The first-order valence-corrected chi connectivity index (χ1v) is 5.74. The van der Waals surface area contributed by atoms with Gasteiger partial charge in [-0.25, -0.2) is 4.39 Å². The van der Waals surface area contributed by atoms with Crippen molar-refractivity contribution in [2.75, 3.05) is 13.2 Å². The van der Waals surface area contributed by atoms with Gasteiger partial charge in [0.2, 0.25) is 0 Å². The molecule has 4 heteroatoms. The Morgan fingerprint density at radius 3 is 3.07 bits per heavy atom. The molecule has 1 aliphatic rings. The fraction of sp³-hybridized carbons (Fsp3) is 0.455. The highest BCUT2D eigenvalue weighted by Gasteiger charge is 2.16. The van der Waals surface area contributed by atoms with Crippen molar-refractivity contribution in [1.82, 2.24) is 0 Å². The zero-order valence-electron chi connectivity index (χ0n) is 8.21. The van der Waals surface area contributed by atoms with E-state index in [1.165, 1.54) is 12.1 Å². The van der Waals surface area contributed by atoms with E-state index in [0.717, 1.165) is 23.9 Å². The number of ether oxygens (including phenoxy) is 2. The van der Waals surface area contributed by atoms with E-state index in [1.807, 2.05) is 0 Å². The van der Waals surface area contributed by atoms with E-state index in [9.17, 15) is 4.39 Å². The monoisotopic (exact) mass is 274 g/mol. The highest BCUT2D eigenvalue weighted by molar-refractivity contribution is 9.10. The van der Waals surface area contributed by atoms with Crippen molar-refractivity contribution in [2.24, 2.45) is 0 Å². The van der Waals surface area contributed by atoms with Gasteiger partial charge in [0.25, 0.3) is 0 Å². The molecule has 0 amide bonds. The topological polar surface area (TPSA) is 18.5 Å². The summed E-state index contributed by atoms with van der Waals surface area (Å²) in [6, 6.07) is 4.43. The first kappa shape index (κ1) is 10.9. The predicted molar refractivity (Wildman–Crippen MR) is 58.6 cm³/mol. The second-order valence-electron chi connectivity index (χ2n) is 3.53. The van der Waals surface area contributed by atoms with Crippen LogP contribution in [0.5, 0.6) is 5.75 Å². The van der Waals surface area contributed by atoms with Crippen molar-refractivity contribution in [2.45, 2.75) is 18.9 Å². The summed E-state index contributed by atoms with van der Waals surface area (Å²) < 4.78 is 24.7. The molecular weight excluding hydrogens is 263 g/mol. The first-order chi connectivity index (χ1) is 7.25. The molecule has 1 aliphatic heterocycles. The van der Waals surface area contributed by atoms with Crippen molar-refractivity contribution < 1.29 is 13.9 Å². The van der Waals surface area contributed by atoms with Gasteiger partial charge in [-0.2, -0.15) is 0 Å². The Kier molecular flexibility index (Phi) is 3.59. The third kappa shape index (κ3) is 2.92. The quantitative estimate of drug-likeness (QED) is 0.825. The molecule has 0 N–H and O–H groups in total. The fourth-order valence-corrected chi connectivity index (χ4v) is 1.89. The summed E-state index contributed by atoms with van der Waals surface area (Å²) in [5.74, 6) is 0.260. The number of hydrogen-bond donors (Lipinski definition) is 0. The highest BCUT2D eigenvalue weighted by Crippen LogP contribution is 2.27. The molecule has 0 aromatic heterocycles. The average Bonchev–Trinajstić information content (AvgIpc) is 2.25. The maximum Gasteiger partial charge on any atom is 0.136 e. The summed E-state index contributed by atoms with van der Waals surface area (Å²) in [7, 11) is 0. The van der Waals surface area contributed by atoms with Crippen LogP contribution in [0.3, 0.4) is 0 Å². The van der Waals surface area contributed by atoms with Gasteiger partial charge in [0.05, 0.1) is 11.1 Å². The summed E-state index contributed by atoms with van der Waals surface area (Å²) in [5, 5.41) is 0. The largest absolute Gasteiger partial charge is 0.487 e. The van der Waals surface area contributed by atoms with Gasteiger partial charge in [-0.15, -0.1) is 0 Å². The Hall–Kier alpha value is -0.610. The molecule has 2 rings (SSSR count). The third-order valence-corrected chi connectivity index (χ3v) is 2.96. The summed E-state index contributed by atoms with van der Waals surface area (Å²) in [4.78, 5) is 0. The Morgan fingerprint density at radius 2 is 2.33 bits per heavy atom. The number of hydrogen-bond acceptors (Lipinski definition) is 2. The normalized spacial score (nSPS) is 21.3. The molecule has 0 saturated carbocycles. The van der Waals surface area contributed by atoms with Crippen molar-refractivity contribution in [3.8, 4) is 5.75 Å². The minimum atomic E-state index is -0.287. The van der Waals surface area contributed by atoms with Gasteiger partial charge in [0.1, 0.15) is 17.7 Å². The maximum atomic E-state index is 13.0. The van der Waals surface area contributed by atoms with Crippen molar-refractivity contribution in [3.63, 3.8) is 0 Å². The van der Waals surface area contributed by atoms with Crippen LogP contribution >= 0.6 is 15.9 Å². The molecule has 2 nitrogen and oxygen atoms in total. The van der Waals surface area contributed by atoms with Crippen molar-refractivity contribution >= 4 is 15.9 Å². The van der Waals surface area contributed by atoms with E-state index in [2.05, 4.69) is 15.9 Å². The van der Waals surface area contributed by atoms with Crippen LogP contribution in [0.1, 0.15) is 12.8 Å². The molecule has 1 aromatic carbocycles. The van der Waals surface area contributed by atoms with E-state index in [4.69, 9.17) is 9.47 Å². The second-order valence-corrected chi connectivity index (χ2v) is 4.39. The SMILES string of the molecule is Fc1ccc(Br)c(OC2CCCOC2)c1. The van der Waals surface area contributed by atoms with Crippen LogP contribution in [0.15, 0.2) is 22.7 Å². The molecule has 0 aliphatic carbocycles. The van der Waals surface area contributed by atoms with Gasteiger partial charge in [-0.1, -0.05) is 0 Å². The Morgan fingerprint density at radius 1 is 1.47 bits per heavy atom. The highest BCUT2D eigenvalue weighted by atomic mass is 79.9. The summed E-state index contributed by atoms with van der Waals surface area (Å²) in [5.41, 5.74) is 0.